The summed E-state index contributed by atoms with van der Waals surface area (Å²) in [5.41, 5.74) is 0. The van der Waals surface area contributed by atoms with Crippen LogP contribution in [-0.2, 0) is 76.0 Å². The van der Waals surface area contributed by atoms with Crippen LogP contribution in [-0.4, -0.2) is 381 Å². The zero-order valence-corrected chi connectivity index (χ0v) is 46.6. The standard InChI is InChI=1S/C48H81N3O36/c1-11(59)49-21-30(68)37(83-47-35(73)41(28(66)18(8-56)78-47)87-45-32(70)31(69)24(62)14(4-52)76-45)20(10-58)80-43(21)85-39-26(64)16(6-54)77-46(33(39)71)82-36-19(9-57)81-44(22(29(36)67)50-12(2)60)86-40-27(65)17(7-55)79-48(34(40)72)84-38-23(51-13(3)61)42(74)75-15(5-53)25(38)63/h14-48,52-58,62-74H,4-10H2,1-3H3,(H,49,59)(H,50,60)(H,51,61)/t14-,15-,16-,17-,18-,19-,20-,21-,22-,23-,24+,25+,26+,27+,28+,29-,30-,31+,32-,33-,34-,35-,36-,37-,38-,39+,40+,41+,42+,43+,44+,45?,46?,47?,48?/m1/s1. The van der Waals surface area contributed by atoms with E-state index in [1.54, 1.807) is 0 Å². The molecule has 0 aliphatic carbocycles. The third-order valence-corrected chi connectivity index (χ3v) is 15.8. The summed E-state index contributed by atoms with van der Waals surface area (Å²) < 4.78 is 74.5. The van der Waals surface area contributed by atoms with Gasteiger partial charge in [-0.3, -0.25) is 14.4 Å². The van der Waals surface area contributed by atoms with Crippen LogP contribution in [0.2, 0.25) is 0 Å². The summed E-state index contributed by atoms with van der Waals surface area (Å²) in [6.45, 7) is -4.05. The van der Waals surface area contributed by atoms with E-state index in [2.05, 4.69) is 16.0 Å². The molecule has 7 heterocycles. The van der Waals surface area contributed by atoms with Gasteiger partial charge in [0, 0.05) is 20.8 Å². The summed E-state index contributed by atoms with van der Waals surface area (Å²) in [5, 5.41) is 224. The van der Waals surface area contributed by atoms with Gasteiger partial charge < -0.3 is 180 Å². The largest absolute Gasteiger partial charge is 0.394 e. The van der Waals surface area contributed by atoms with Gasteiger partial charge >= 0.3 is 0 Å². The van der Waals surface area contributed by atoms with E-state index in [-0.39, 0.29) is 0 Å². The number of hydrogen-bond acceptors (Lipinski definition) is 36. The molecule has 7 aliphatic heterocycles. The number of amides is 3. The number of rotatable bonds is 22. The molecule has 7 aliphatic rings. The molecular formula is C48H81N3O36. The van der Waals surface area contributed by atoms with Crippen LogP contribution in [0.4, 0.5) is 0 Å². The number of nitrogens with one attached hydrogen (secondary N) is 3. The number of carbonyl (C=O) groups is 3. The van der Waals surface area contributed by atoms with Crippen LogP contribution in [0.1, 0.15) is 20.8 Å². The number of aliphatic hydroxyl groups excluding tert-OH is 20. The van der Waals surface area contributed by atoms with E-state index < -0.39 is 279 Å². The molecule has 39 heteroatoms. The number of carbonyl (C=O) groups excluding carboxylic acids is 3. The van der Waals surface area contributed by atoms with Gasteiger partial charge in [-0.2, -0.15) is 0 Å². The lowest BCUT2D eigenvalue weighted by Gasteiger charge is -2.51. The molecule has 7 saturated heterocycles. The van der Waals surface area contributed by atoms with Crippen molar-refractivity contribution in [2.24, 2.45) is 0 Å². The lowest BCUT2D eigenvalue weighted by Crippen LogP contribution is -2.71. The second kappa shape index (κ2) is 31.1. The second-order valence-electron chi connectivity index (χ2n) is 21.8. The predicted octanol–water partition coefficient (Wildman–Crippen LogP) is -15.8. The molecule has 0 aromatic carbocycles. The Balaban J connectivity index is 1.08. The number of hydrogen-bond donors (Lipinski definition) is 23. The zero-order chi connectivity index (χ0) is 64.2. The molecule has 0 radical (unpaired) electrons. The first-order chi connectivity index (χ1) is 41.2. The van der Waals surface area contributed by atoms with Crippen molar-refractivity contribution in [2.45, 2.75) is 236 Å². The Morgan fingerprint density at radius 1 is 0.276 bits per heavy atom. The van der Waals surface area contributed by atoms with Gasteiger partial charge in [0.1, 0.15) is 171 Å². The lowest BCUT2D eigenvalue weighted by molar-refractivity contribution is -0.388. The number of ether oxygens (including phenoxy) is 13. The fourth-order valence-corrected chi connectivity index (χ4v) is 11.2. The molecular weight excluding hydrogens is 1190 g/mol. The molecule has 0 saturated carbocycles. The summed E-state index contributed by atoms with van der Waals surface area (Å²) in [4.78, 5) is 37.5. The normalized spacial score (nSPS) is 48.9. The minimum Gasteiger partial charge on any atom is -0.394 e. The topological polar surface area (TPSA) is 612 Å². The summed E-state index contributed by atoms with van der Waals surface area (Å²) >= 11 is 0. The Morgan fingerprint density at radius 3 is 0.862 bits per heavy atom. The maximum absolute atomic E-state index is 12.7. The molecule has 35 atom stereocenters. The first-order valence-electron chi connectivity index (χ1n) is 27.6. The zero-order valence-electron chi connectivity index (χ0n) is 46.6. The van der Waals surface area contributed by atoms with Crippen LogP contribution in [0.5, 0.6) is 0 Å². The summed E-state index contributed by atoms with van der Waals surface area (Å²) in [7, 11) is 0. The van der Waals surface area contributed by atoms with E-state index in [0.717, 1.165) is 20.8 Å². The van der Waals surface area contributed by atoms with Gasteiger partial charge in [0.05, 0.1) is 46.2 Å². The first kappa shape index (κ1) is 71.5. The molecule has 39 nitrogen and oxygen atoms in total. The van der Waals surface area contributed by atoms with Gasteiger partial charge in [0.25, 0.3) is 0 Å². The van der Waals surface area contributed by atoms with Crippen LogP contribution in [0.15, 0.2) is 0 Å². The summed E-state index contributed by atoms with van der Waals surface area (Å²) in [6.07, 6.45) is -62.3. The van der Waals surface area contributed by atoms with E-state index >= 15 is 0 Å². The van der Waals surface area contributed by atoms with Crippen LogP contribution in [0.25, 0.3) is 0 Å². The Kier molecular flexibility index (Phi) is 25.6. The predicted molar refractivity (Wildman–Crippen MR) is 267 cm³/mol. The van der Waals surface area contributed by atoms with Gasteiger partial charge in [-0.25, -0.2) is 0 Å². The molecule has 7 fully saturated rings. The Hall–Kier alpha value is -2.91. The highest BCUT2D eigenvalue weighted by Crippen LogP contribution is 2.38. The van der Waals surface area contributed by atoms with E-state index in [0.29, 0.717) is 0 Å². The molecule has 504 valence electrons. The minimum atomic E-state index is -2.29. The fourth-order valence-electron chi connectivity index (χ4n) is 11.2. The average Bonchev–Trinajstić information content (AvgIpc) is 1.87. The van der Waals surface area contributed by atoms with E-state index in [4.69, 9.17) is 61.6 Å². The highest BCUT2D eigenvalue weighted by Gasteiger charge is 2.59. The third-order valence-electron chi connectivity index (χ3n) is 15.8. The van der Waals surface area contributed by atoms with Crippen LogP contribution >= 0.6 is 0 Å². The molecule has 7 rings (SSSR count). The molecule has 4 unspecified atom stereocenters. The van der Waals surface area contributed by atoms with Crippen molar-refractivity contribution < 1.29 is 178 Å². The van der Waals surface area contributed by atoms with Crippen LogP contribution < -0.4 is 16.0 Å². The Labute approximate surface area is 492 Å². The number of aliphatic hydroxyl groups is 20. The van der Waals surface area contributed by atoms with Crippen molar-refractivity contribution in [1.82, 2.24) is 16.0 Å². The highest BCUT2D eigenvalue weighted by molar-refractivity contribution is 5.74. The molecule has 0 aromatic rings. The van der Waals surface area contributed by atoms with E-state index in [1.165, 1.54) is 0 Å². The quantitative estimate of drug-likeness (QED) is 0.0479. The highest BCUT2D eigenvalue weighted by atomic mass is 16.8. The van der Waals surface area contributed by atoms with Gasteiger partial charge in [0.2, 0.25) is 17.7 Å². The van der Waals surface area contributed by atoms with Crippen molar-refractivity contribution in [3.8, 4) is 0 Å². The Morgan fingerprint density at radius 2 is 0.529 bits per heavy atom. The van der Waals surface area contributed by atoms with Gasteiger partial charge in [-0.15, -0.1) is 0 Å². The van der Waals surface area contributed by atoms with Gasteiger partial charge in [-0.05, 0) is 0 Å². The second-order valence-corrected chi connectivity index (χ2v) is 21.8. The SMILES string of the molecule is CC(=O)N[C@@H]1[C@@H](OC2O[C@H](CO)[C@H](O)[C@H](O[C@@H]3O[C@H](CO)[C@@H](OC4O[C@H](CO)[C@H](O)[C@H](O[C@@H]5O[C@H](CO)[C@@H](OC6O[C@H](CO)[C@H](O)[C@H](OC7O[C@H](CO)[C@H](O)[C@H](O)[C@H]7O)[C@H]6O)[C@H](O)[C@H]5NC(C)=O)[C@H]4O)[C@H](O)[C@H]3NC(C)=O)[C@H]2O)[C@@H](O)[C@@H](CO)O[C@@H]1O. The first-order valence-corrected chi connectivity index (χ1v) is 27.6. The third kappa shape index (κ3) is 15.6. The molecule has 3 amide bonds. The van der Waals surface area contributed by atoms with Crippen molar-refractivity contribution >= 4 is 17.7 Å². The Bertz CT molecular complexity index is 2190. The van der Waals surface area contributed by atoms with Gasteiger partial charge in [-0.1, -0.05) is 0 Å². The maximum atomic E-state index is 12.7. The minimum absolute atomic E-state index is 0.753. The maximum Gasteiger partial charge on any atom is 0.217 e. The summed E-state index contributed by atoms with van der Waals surface area (Å²) in [6, 6.07) is -5.28. The van der Waals surface area contributed by atoms with Crippen molar-refractivity contribution in [1.29, 1.82) is 0 Å². The molecule has 87 heavy (non-hydrogen) atoms. The molecule has 23 N–H and O–H groups in total. The van der Waals surface area contributed by atoms with E-state index in [1.807, 2.05) is 0 Å². The van der Waals surface area contributed by atoms with E-state index in [9.17, 15) is 117 Å². The van der Waals surface area contributed by atoms with Gasteiger partial charge in [0.15, 0.2) is 44.0 Å². The monoisotopic (exact) mass is 1280 g/mol. The smallest absolute Gasteiger partial charge is 0.217 e. The lowest BCUT2D eigenvalue weighted by atomic mass is 9.93. The fraction of sp³-hybridized carbons (Fsp3) is 0.938. The van der Waals surface area contributed by atoms with Crippen molar-refractivity contribution in [3.05, 3.63) is 0 Å². The summed E-state index contributed by atoms with van der Waals surface area (Å²) in [5.74, 6) is -2.54. The average molecular weight is 1280 g/mol. The van der Waals surface area contributed by atoms with Crippen LogP contribution in [0, 0.1) is 0 Å². The molecule has 0 bridgehead atoms. The molecule has 0 aromatic heterocycles. The van der Waals surface area contributed by atoms with Crippen molar-refractivity contribution in [2.75, 3.05) is 46.2 Å². The molecule has 0 spiro atoms. The van der Waals surface area contributed by atoms with Crippen molar-refractivity contribution in [3.63, 3.8) is 0 Å². The van der Waals surface area contributed by atoms with Crippen LogP contribution in [0.3, 0.4) is 0 Å².